The van der Waals surface area contributed by atoms with Crippen LogP contribution in [0.3, 0.4) is 0 Å². The summed E-state index contributed by atoms with van der Waals surface area (Å²) in [6, 6.07) is 1.46. The fraction of sp³-hybridized carbons (Fsp3) is 0.500. The highest BCUT2D eigenvalue weighted by Crippen LogP contribution is 2.44. The number of pyridine rings is 1. The Labute approximate surface area is 102 Å². The number of hydrogen-bond acceptors (Lipinski definition) is 4. The van der Waals surface area contributed by atoms with E-state index in [9.17, 15) is 10.1 Å². The fourth-order valence-electron chi connectivity index (χ4n) is 1.35. The van der Waals surface area contributed by atoms with E-state index < -0.39 is 4.92 Å². The predicted molar refractivity (Wildman–Crippen MR) is 64.4 cm³/mol. The van der Waals surface area contributed by atoms with Crippen LogP contribution in [0.15, 0.2) is 16.7 Å². The first kappa shape index (κ1) is 11.3. The molecular weight excluding hydrogens is 274 g/mol. The van der Waals surface area contributed by atoms with Crippen LogP contribution in [0.5, 0.6) is 0 Å². The summed E-state index contributed by atoms with van der Waals surface area (Å²) in [4.78, 5) is 14.1. The summed E-state index contributed by atoms with van der Waals surface area (Å²) in [6.07, 6.45) is 3.72. The Morgan fingerprint density at radius 1 is 1.69 bits per heavy atom. The van der Waals surface area contributed by atoms with Crippen molar-refractivity contribution in [2.75, 3.05) is 11.9 Å². The zero-order chi connectivity index (χ0) is 11.8. The van der Waals surface area contributed by atoms with Crippen LogP contribution in [0.2, 0.25) is 0 Å². The van der Waals surface area contributed by atoms with Gasteiger partial charge >= 0.3 is 0 Å². The summed E-state index contributed by atoms with van der Waals surface area (Å²) in [5.41, 5.74) is 0.373. The van der Waals surface area contributed by atoms with Crippen LogP contribution < -0.4 is 5.32 Å². The molecule has 1 aromatic heterocycles. The molecule has 2 rings (SSSR count). The lowest BCUT2D eigenvalue weighted by Gasteiger charge is -2.11. The highest BCUT2D eigenvalue weighted by Gasteiger charge is 2.36. The van der Waals surface area contributed by atoms with Crippen LogP contribution in [0, 0.1) is 15.5 Å². The van der Waals surface area contributed by atoms with Crippen molar-refractivity contribution in [3.63, 3.8) is 0 Å². The first-order chi connectivity index (χ1) is 7.50. The van der Waals surface area contributed by atoms with E-state index in [4.69, 9.17) is 0 Å². The molecule has 1 N–H and O–H groups in total. The highest BCUT2D eigenvalue weighted by molar-refractivity contribution is 9.10. The Balaban J connectivity index is 2.07. The summed E-state index contributed by atoms with van der Waals surface area (Å²) in [7, 11) is 0. The monoisotopic (exact) mass is 285 g/mol. The first-order valence-corrected chi connectivity index (χ1v) is 5.83. The van der Waals surface area contributed by atoms with Gasteiger partial charge < -0.3 is 5.32 Å². The third-order valence-corrected chi connectivity index (χ3v) is 3.43. The minimum Gasteiger partial charge on any atom is -0.369 e. The van der Waals surface area contributed by atoms with Crippen LogP contribution in [0.4, 0.5) is 11.5 Å². The van der Waals surface area contributed by atoms with Crippen LogP contribution >= 0.6 is 15.9 Å². The number of nitro groups is 1. The molecule has 86 valence electrons. The molecule has 0 radical (unpaired) electrons. The third kappa shape index (κ3) is 2.49. The lowest BCUT2D eigenvalue weighted by atomic mass is 10.1. The van der Waals surface area contributed by atoms with Gasteiger partial charge in [0.1, 0.15) is 12.0 Å². The standard InChI is InChI=1S/C10H12BrN3O2/c1-10(2-3-10)6-13-9-8(11)4-7(5-12-9)14(15)16/h4-5H,2-3,6H2,1H3,(H,12,13). The predicted octanol–water partition coefficient (Wildman–Crippen LogP) is 2.96. The number of rotatable bonds is 4. The van der Waals surface area contributed by atoms with Crippen molar-refractivity contribution >= 4 is 27.4 Å². The molecule has 0 aromatic carbocycles. The van der Waals surface area contributed by atoms with Crippen LogP contribution in [0.25, 0.3) is 0 Å². The topological polar surface area (TPSA) is 68.1 Å². The van der Waals surface area contributed by atoms with E-state index in [0.29, 0.717) is 15.7 Å². The van der Waals surface area contributed by atoms with E-state index in [2.05, 4.69) is 33.2 Å². The molecule has 5 nitrogen and oxygen atoms in total. The second-order valence-corrected chi connectivity index (χ2v) is 5.30. The van der Waals surface area contributed by atoms with Crippen LogP contribution in [0.1, 0.15) is 19.8 Å². The Bertz CT molecular complexity index is 432. The van der Waals surface area contributed by atoms with Crippen molar-refractivity contribution in [3.8, 4) is 0 Å². The van der Waals surface area contributed by atoms with Gasteiger partial charge in [0.2, 0.25) is 0 Å². The highest BCUT2D eigenvalue weighted by atomic mass is 79.9. The quantitative estimate of drug-likeness (QED) is 0.682. The molecular formula is C10H12BrN3O2. The maximum Gasteiger partial charge on any atom is 0.288 e. The third-order valence-electron chi connectivity index (χ3n) is 2.82. The van der Waals surface area contributed by atoms with E-state index in [1.54, 1.807) is 0 Å². The molecule has 0 unspecified atom stereocenters. The van der Waals surface area contributed by atoms with Crippen molar-refractivity contribution in [1.82, 2.24) is 4.98 Å². The van der Waals surface area contributed by atoms with Crippen LogP contribution in [-0.4, -0.2) is 16.5 Å². The molecule has 1 aromatic rings. The molecule has 0 spiro atoms. The van der Waals surface area contributed by atoms with Gasteiger partial charge in [0.15, 0.2) is 0 Å². The van der Waals surface area contributed by atoms with E-state index in [1.807, 2.05) is 0 Å². The number of nitrogens with zero attached hydrogens (tertiary/aromatic N) is 2. The molecule has 0 saturated heterocycles. The summed E-state index contributed by atoms with van der Waals surface area (Å²) in [5.74, 6) is 0.665. The molecule has 1 fully saturated rings. The average Bonchev–Trinajstić information content (AvgIpc) is 2.95. The lowest BCUT2D eigenvalue weighted by molar-refractivity contribution is -0.385. The number of aromatic nitrogens is 1. The summed E-state index contributed by atoms with van der Waals surface area (Å²) < 4.78 is 0.631. The molecule has 16 heavy (non-hydrogen) atoms. The van der Waals surface area contributed by atoms with Gasteiger partial charge in [0.25, 0.3) is 5.69 Å². The van der Waals surface area contributed by atoms with Gasteiger partial charge in [0, 0.05) is 12.6 Å². The fourth-order valence-corrected chi connectivity index (χ4v) is 1.82. The van der Waals surface area contributed by atoms with E-state index in [-0.39, 0.29) is 5.69 Å². The van der Waals surface area contributed by atoms with Gasteiger partial charge in [-0.2, -0.15) is 0 Å². The van der Waals surface area contributed by atoms with E-state index >= 15 is 0 Å². The lowest BCUT2D eigenvalue weighted by Crippen LogP contribution is -2.13. The van der Waals surface area contributed by atoms with Crippen molar-refractivity contribution in [2.45, 2.75) is 19.8 Å². The van der Waals surface area contributed by atoms with Crippen molar-refractivity contribution < 1.29 is 4.92 Å². The maximum absolute atomic E-state index is 10.5. The SMILES string of the molecule is CC1(CNc2ncc([N+](=O)[O-])cc2Br)CC1. The maximum atomic E-state index is 10.5. The van der Waals surface area contributed by atoms with E-state index in [0.717, 1.165) is 6.54 Å². The number of anilines is 1. The van der Waals surface area contributed by atoms with Gasteiger partial charge in [-0.1, -0.05) is 6.92 Å². The second kappa shape index (κ2) is 4.01. The minimum absolute atomic E-state index is 0.00458. The number of hydrogen-bond donors (Lipinski definition) is 1. The van der Waals surface area contributed by atoms with Gasteiger partial charge in [-0.05, 0) is 34.2 Å². The molecule has 0 amide bonds. The molecule has 1 heterocycles. The number of nitrogens with one attached hydrogen (secondary N) is 1. The largest absolute Gasteiger partial charge is 0.369 e. The molecule has 1 aliphatic rings. The molecule has 0 aliphatic heterocycles. The smallest absolute Gasteiger partial charge is 0.288 e. The minimum atomic E-state index is -0.455. The Kier molecular flexibility index (Phi) is 2.84. The second-order valence-electron chi connectivity index (χ2n) is 4.45. The first-order valence-electron chi connectivity index (χ1n) is 5.04. The van der Waals surface area contributed by atoms with Crippen molar-refractivity contribution in [2.24, 2.45) is 5.41 Å². The molecule has 1 saturated carbocycles. The Morgan fingerprint density at radius 3 is 2.88 bits per heavy atom. The zero-order valence-corrected chi connectivity index (χ0v) is 10.5. The van der Waals surface area contributed by atoms with E-state index in [1.165, 1.54) is 25.1 Å². The van der Waals surface area contributed by atoms with Gasteiger partial charge in [-0.3, -0.25) is 10.1 Å². The van der Waals surface area contributed by atoms with Gasteiger partial charge in [-0.15, -0.1) is 0 Å². The normalized spacial score (nSPS) is 16.9. The summed E-state index contributed by atoms with van der Waals surface area (Å²) in [5, 5.41) is 13.7. The van der Waals surface area contributed by atoms with Gasteiger partial charge in [-0.25, -0.2) is 4.98 Å². The van der Waals surface area contributed by atoms with Crippen molar-refractivity contribution in [1.29, 1.82) is 0 Å². The van der Waals surface area contributed by atoms with Gasteiger partial charge in [0.05, 0.1) is 9.40 Å². The Hall–Kier alpha value is -1.17. The zero-order valence-electron chi connectivity index (χ0n) is 8.86. The van der Waals surface area contributed by atoms with Crippen LogP contribution in [-0.2, 0) is 0 Å². The summed E-state index contributed by atoms with van der Waals surface area (Å²) >= 11 is 3.27. The molecule has 1 aliphatic carbocycles. The summed E-state index contributed by atoms with van der Waals surface area (Å²) in [6.45, 7) is 3.07. The molecule has 0 atom stereocenters. The Morgan fingerprint density at radius 2 is 2.38 bits per heavy atom. The molecule has 6 heteroatoms. The molecule has 0 bridgehead atoms. The number of halogens is 1. The average molecular weight is 286 g/mol. The van der Waals surface area contributed by atoms with Crippen molar-refractivity contribution in [3.05, 3.63) is 26.9 Å².